The minimum absolute atomic E-state index is 0.270. The van der Waals surface area contributed by atoms with Crippen LogP contribution in [0.4, 0.5) is 14.5 Å². The highest BCUT2D eigenvalue weighted by Crippen LogP contribution is 2.32. The Hall–Kier alpha value is -0.970. The first-order valence-electron chi connectivity index (χ1n) is 5.09. The van der Waals surface area contributed by atoms with Crippen molar-refractivity contribution in [3.05, 3.63) is 28.2 Å². The smallest absolute Gasteiger partial charge is 0.150 e. The summed E-state index contributed by atoms with van der Waals surface area (Å²) in [6.07, 6.45) is 2.52. The van der Waals surface area contributed by atoms with Crippen LogP contribution in [0.2, 0.25) is 0 Å². The van der Waals surface area contributed by atoms with E-state index >= 15 is 0 Å². The fourth-order valence-corrected chi connectivity index (χ4v) is 2.49. The molecule has 5 heteroatoms. The first-order valence-corrected chi connectivity index (χ1v) is 5.88. The molecule has 86 valence electrons. The highest BCUT2D eigenvalue weighted by atomic mass is 79.9. The van der Waals surface area contributed by atoms with Crippen molar-refractivity contribution in [2.45, 2.75) is 19.3 Å². The lowest BCUT2D eigenvalue weighted by molar-refractivity contribution is 0.578. The van der Waals surface area contributed by atoms with Gasteiger partial charge in [-0.25, -0.2) is 8.78 Å². The average Bonchev–Trinajstić information content (AvgIpc) is 2.19. The molecular weight excluding hydrogens is 278 g/mol. The van der Waals surface area contributed by atoms with Crippen LogP contribution in [-0.4, -0.2) is 12.4 Å². The number of rotatable bonds is 1. The van der Waals surface area contributed by atoms with Crippen LogP contribution >= 0.6 is 15.9 Å². The molecule has 1 saturated heterocycles. The molecule has 1 N–H and O–H groups in total. The molecule has 1 fully saturated rings. The third-order valence-corrected chi connectivity index (χ3v) is 3.23. The Balaban J connectivity index is 2.42. The predicted octanol–water partition coefficient (Wildman–Crippen LogP) is 3.69. The van der Waals surface area contributed by atoms with Crippen molar-refractivity contribution in [3.63, 3.8) is 0 Å². The normalized spacial score (nSPS) is 16.7. The molecule has 1 heterocycles. The number of anilines is 1. The van der Waals surface area contributed by atoms with Gasteiger partial charge in [0.2, 0.25) is 0 Å². The summed E-state index contributed by atoms with van der Waals surface area (Å²) in [6, 6.07) is 2.07. The number of nitrogens with zero attached hydrogens (tertiary/aromatic N) is 1. The van der Waals surface area contributed by atoms with Gasteiger partial charge >= 0.3 is 0 Å². The van der Waals surface area contributed by atoms with Gasteiger partial charge in [0, 0.05) is 23.5 Å². The third kappa shape index (κ3) is 2.09. The molecule has 16 heavy (non-hydrogen) atoms. The zero-order chi connectivity index (χ0) is 11.7. The lowest BCUT2D eigenvalue weighted by Crippen LogP contribution is -2.35. The van der Waals surface area contributed by atoms with Crippen molar-refractivity contribution in [1.82, 2.24) is 0 Å². The summed E-state index contributed by atoms with van der Waals surface area (Å²) in [6.45, 7) is 0.611. The topological polar surface area (TPSA) is 27.1 Å². The van der Waals surface area contributed by atoms with E-state index in [0.29, 0.717) is 23.3 Å². The zero-order valence-electron chi connectivity index (χ0n) is 8.56. The molecule has 2 nitrogen and oxygen atoms in total. The Labute approximate surface area is 101 Å². The van der Waals surface area contributed by atoms with E-state index in [1.807, 2.05) is 0 Å². The molecule has 0 spiro atoms. The number of amidine groups is 1. The molecule has 1 aromatic rings. The van der Waals surface area contributed by atoms with Gasteiger partial charge in [-0.2, -0.15) is 0 Å². The Morgan fingerprint density at radius 1 is 1.25 bits per heavy atom. The van der Waals surface area contributed by atoms with Gasteiger partial charge in [0.1, 0.15) is 11.7 Å². The summed E-state index contributed by atoms with van der Waals surface area (Å²) in [7, 11) is 0. The van der Waals surface area contributed by atoms with Gasteiger partial charge in [0.25, 0.3) is 0 Å². The number of halogens is 3. The maximum Gasteiger partial charge on any atom is 0.150 e. The van der Waals surface area contributed by atoms with Gasteiger partial charge in [0.15, 0.2) is 5.82 Å². The third-order valence-electron chi connectivity index (χ3n) is 2.62. The summed E-state index contributed by atoms with van der Waals surface area (Å²) in [5.41, 5.74) is 0.270. The molecule has 1 aliphatic rings. The zero-order valence-corrected chi connectivity index (χ0v) is 10.2. The first kappa shape index (κ1) is 11.5. The standard InChI is InChI=1S/C11H11BrF2N2/c12-8-5-7(13)6-9(14)11(8)16-4-2-1-3-10(16)15/h5-6,15H,1-4H2. The molecule has 0 aliphatic carbocycles. The molecule has 1 aliphatic heterocycles. The van der Waals surface area contributed by atoms with Crippen molar-refractivity contribution < 1.29 is 8.78 Å². The van der Waals surface area contributed by atoms with Crippen LogP contribution in [0, 0.1) is 17.0 Å². The van der Waals surface area contributed by atoms with Gasteiger partial charge in [-0.1, -0.05) is 0 Å². The van der Waals surface area contributed by atoms with Crippen molar-refractivity contribution in [3.8, 4) is 0 Å². The Morgan fingerprint density at radius 3 is 2.62 bits per heavy atom. The van der Waals surface area contributed by atoms with Crippen LogP contribution in [0.5, 0.6) is 0 Å². The number of hydrogen-bond donors (Lipinski definition) is 1. The van der Waals surface area contributed by atoms with Crippen LogP contribution in [0.25, 0.3) is 0 Å². The molecule has 0 radical (unpaired) electrons. The largest absolute Gasteiger partial charge is 0.327 e. The molecule has 2 rings (SSSR count). The highest BCUT2D eigenvalue weighted by Gasteiger charge is 2.22. The summed E-state index contributed by atoms with van der Waals surface area (Å²) >= 11 is 3.14. The molecule has 0 saturated carbocycles. The van der Waals surface area contributed by atoms with E-state index in [9.17, 15) is 8.78 Å². The van der Waals surface area contributed by atoms with Crippen LogP contribution in [0.1, 0.15) is 19.3 Å². The monoisotopic (exact) mass is 288 g/mol. The molecule has 0 bridgehead atoms. The van der Waals surface area contributed by atoms with Crippen molar-refractivity contribution >= 4 is 27.5 Å². The van der Waals surface area contributed by atoms with Gasteiger partial charge in [0.05, 0.1) is 5.69 Å². The minimum Gasteiger partial charge on any atom is -0.327 e. The molecular formula is C11H11BrF2N2. The Bertz CT molecular complexity index is 411. The van der Waals surface area contributed by atoms with Crippen LogP contribution in [0.15, 0.2) is 16.6 Å². The van der Waals surface area contributed by atoms with E-state index in [2.05, 4.69) is 15.9 Å². The van der Waals surface area contributed by atoms with E-state index in [4.69, 9.17) is 5.41 Å². The number of benzene rings is 1. The molecule has 0 amide bonds. The lowest BCUT2D eigenvalue weighted by atomic mass is 10.1. The fraction of sp³-hybridized carbons (Fsp3) is 0.364. The van der Waals surface area contributed by atoms with E-state index in [-0.39, 0.29) is 5.69 Å². The summed E-state index contributed by atoms with van der Waals surface area (Å²) < 4.78 is 26.9. The van der Waals surface area contributed by atoms with E-state index in [1.165, 1.54) is 6.07 Å². The first-order chi connectivity index (χ1) is 7.59. The second-order valence-electron chi connectivity index (χ2n) is 3.77. The summed E-state index contributed by atoms with van der Waals surface area (Å²) in [4.78, 5) is 1.60. The molecule has 1 aromatic carbocycles. The van der Waals surface area contributed by atoms with Gasteiger partial charge < -0.3 is 4.90 Å². The number of nitrogens with one attached hydrogen (secondary N) is 1. The Morgan fingerprint density at radius 2 is 2.00 bits per heavy atom. The van der Waals surface area contributed by atoms with Crippen LogP contribution in [-0.2, 0) is 0 Å². The molecule has 0 atom stereocenters. The van der Waals surface area contributed by atoms with E-state index in [0.717, 1.165) is 18.9 Å². The van der Waals surface area contributed by atoms with Crippen molar-refractivity contribution in [2.75, 3.05) is 11.4 Å². The predicted molar refractivity (Wildman–Crippen MR) is 63.0 cm³/mol. The summed E-state index contributed by atoms with van der Waals surface area (Å²) in [5, 5.41) is 7.78. The van der Waals surface area contributed by atoms with Crippen LogP contribution < -0.4 is 4.90 Å². The van der Waals surface area contributed by atoms with Crippen molar-refractivity contribution in [1.29, 1.82) is 5.41 Å². The second kappa shape index (κ2) is 4.49. The van der Waals surface area contributed by atoms with Gasteiger partial charge in [-0.05, 0) is 34.8 Å². The number of hydrogen-bond acceptors (Lipinski definition) is 1. The second-order valence-corrected chi connectivity index (χ2v) is 4.63. The summed E-state index contributed by atoms with van der Waals surface area (Å²) in [5.74, 6) is -0.854. The molecule has 0 unspecified atom stereocenters. The minimum atomic E-state index is -0.626. The quantitative estimate of drug-likeness (QED) is 0.838. The number of piperidine rings is 1. The van der Waals surface area contributed by atoms with Gasteiger partial charge in [-0.15, -0.1) is 0 Å². The maximum atomic E-state index is 13.7. The SMILES string of the molecule is N=C1CCCCN1c1c(F)cc(F)cc1Br. The molecule has 0 aromatic heterocycles. The maximum absolute atomic E-state index is 13.7. The van der Waals surface area contributed by atoms with Crippen molar-refractivity contribution in [2.24, 2.45) is 0 Å². The van der Waals surface area contributed by atoms with Crippen LogP contribution in [0.3, 0.4) is 0 Å². The fourth-order valence-electron chi connectivity index (χ4n) is 1.87. The lowest BCUT2D eigenvalue weighted by Gasteiger charge is -2.30. The highest BCUT2D eigenvalue weighted by molar-refractivity contribution is 9.10. The van der Waals surface area contributed by atoms with E-state index in [1.54, 1.807) is 4.90 Å². The Kier molecular flexibility index (Phi) is 3.23. The van der Waals surface area contributed by atoms with Gasteiger partial charge in [-0.3, -0.25) is 5.41 Å². The average molecular weight is 289 g/mol. The van der Waals surface area contributed by atoms with E-state index < -0.39 is 11.6 Å².